The summed E-state index contributed by atoms with van der Waals surface area (Å²) in [5.74, 6) is 9.76. The number of unbranched alkanes of at least 4 members (excludes halogenated alkanes) is 6. The van der Waals surface area contributed by atoms with E-state index >= 15 is 0 Å². The summed E-state index contributed by atoms with van der Waals surface area (Å²) < 4.78 is 4.87. The first-order chi connectivity index (χ1) is 11.6. The number of allylic oxidation sites excluding steroid dienone is 1. The number of hydrogen-bond acceptors (Lipinski definition) is 4. The largest absolute Gasteiger partial charge is 0.466 e. The summed E-state index contributed by atoms with van der Waals surface area (Å²) in [7, 11) is 0. The molecule has 0 aromatic rings. The van der Waals surface area contributed by atoms with E-state index in [1.165, 1.54) is 13.0 Å². The Hall–Kier alpha value is -2.01. The van der Waals surface area contributed by atoms with Gasteiger partial charge >= 0.3 is 5.97 Å². The maximum atomic E-state index is 10.6. The highest BCUT2D eigenvalue weighted by molar-refractivity contribution is 5.65. The molecule has 0 amide bonds. The van der Waals surface area contributed by atoms with Gasteiger partial charge in [0, 0.05) is 6.92 Å². The third kappa shape index (κ3) is 16.4. The molecule has 2 unspecified atom stereocenters. The van der Waals surface area contributed by atoms with Crippen molar-refractivity contribution in [3.8, 4) is 23.7 Å². The molecule has 0 saturated carbocycles. The molecule has 0 aliphatic rings. The number of carbonyl (C=O) groups excluding carboxylic acids is 1. The maximum Gasteiger partial charge on any atom is 0.302 e. The van der Waals surface area contributed by atoms with Gasteiger partial charge in [-0.05, 0) is 37.2 Å². The van der Waals surface area contributed by atoms with E-state index in [0.29, 0.717) is 6.61 Å². The minimum Gasteiger partial charge on any atom is -0.466 e. The lowest BCUT2D eigenvalue weighted by atomic mass is 10.1. The Kier molecular flexibility index (Phi) is 14.5. The maximum absolute atomic E-state index is 10.6. The quantitative estimate of drug-likeness (QED) is 0.264. The molecule has 24 heavy (non-hydrogen) atoms. The zero-order valence-electron chi connectivity index (χ0n) is 14.5. The minimum absolute atomic E-state index is 0.213. The Balaban J connectivity index is 3.57. The lowest BCUT2D eigenvalue weighted by Gasteiger charge is -2.02. The Morgan fingerprint density at radius 1 is 1.04 bits per heavy atom. The molecule has 4 heteroatoms. The van der Waals surface area contributed by atoms with Crippen LogP contribution in [0.15, 0.2) is 24.8 Å². The summed E-state index contributed by atoms with van der Waals surface area (Å²) in [5.41, 5.74) is 0. The van der Waals surface area contributed by atoms with E-state index in [4.69, 9.17) is 9.84 Å². The Labute approximate surface area is 145 Å². The molecular formula is C20H28O4. The van der Waals surface area contributed by atoms with Gasteiger partial charge in [-0.3, -0.25) is 4.79 Å². The molecule has 4 nitrogen and oxygen atoms in total. The molecule has 0 fully saturated rings. The van der Waals surface area contributed by atoms with Crippen LogP contribution in [-0.2, 0) is 9.53 Å². The molecule has 0 aliphatic carbocycles. The van der Waals surface area contributed by atoms with Crippen LogP contribution < -0.4 is 0 Å². The van der Waals surface area contributed by atoms with Crippen LogP contribution in [0.5, 0.6) is 0 Å². The normalized spacial score (nSPS) is 12.5. The highest BCUT2D eigenvalue weighted by Gasteiger charge is 1.94. The van der Waals surface area contributed by atoms with Crippen molar-refractivity contribution in [2.45, 2.75) is 64.1 Å². The van der Waals surface area contributed by atoms with Crippen LogP contribution >= 0.6 is 0 Å². The van der Waals surface area contributed by atoms with Crippen LogP contribution in [0, 0.1) is 23.7 Å². The number of aliphatic hydroxyl groups excluding tert-OH is 2. The van der Waals surface area contributed by atoms with Crippen molar-refractivity contribution < 1.29 is 19.7 Å². The Morgan fingerprint density at radius 2 is 1.62 bits per heavy atom. The van der Waals surface area contributed by atoms with E-state index < -0.39 is 12.2 Å². The predicted molar refractivity (Wildman–Crippen MR) is 95.9 cm³/mol. The smallest absolute Gasteiger partial charge is 0.302 e. The molecule has 0 aromatic heterocycles. The predicted octanol–water partition coefficient (Wildman–Crippen LogP) is 2.75. The topological polar surface area (TPSA) is 66.8 Å². The number of ether oxygens (including phenoxy) is 1. The second kappa shape index (κ2) is 15.9. The van der Waals surface area contributed by atoms with E-state index in [-0.39, 0.29) is 5.97 Å². The molecule has 0 radical (unpaired) electrons. The van der Waals surface area contributed by atoms with Crippen molar-refractivity contribution >= 4 is 5.97 Å². The van der Waals surface area contributed by atoms with Crippen molar-refractivity contribution in [1.29, 1.82) is 0 Å². The summed E-state index contributed by atoms with van der Waals surface area (Å²) in [4.78, 5) is 10.6. The first-order valence-electron chi connectivity index (χ1n) is 8.36. The first-order valence-corrected chi connectivity index (χ1v) is 8.36. The average molecular weight is 332 g/mol. The van der Waals surface area contributed by atoms with E-state index in [9.17, 15) is 9.90 Å². The van der Waals surface area contributed by atoms with Crippen LogP contribution in [-0.4, -0.2) is 35.0 Å². The number of esters is 1. The van der Waals surface area contributed by atoms with E-state index in [0.717, 1.165) is 44.9 Å². The molecule has 0 heterocycles. The molecule has 2 atom stereocenters. The van der Waals surface area contributed by atoms with Crippen LogP contribution in [0.3, 0.4) is 0 Å². The van der Waals surface area contributed by atoms with Crippen LogP contribution in [0.1, 0.15) is 51.9 Å². The van der Waals surface area contributed by atoms with Crippen molar-refractivity contribution in [1.82, 2.24) is 0 Å². The summed E-state index contributed by atoms with van der Waals surface area (Å²) >= 11 is 0. The van der Waals surface area contributed by atoms with E-state index in [2.05, 4.69) is 30.3 Å². The Morgan fingerprint density at radius 3 is 2.25 bits per heavy atom. The molecule has 0 bridgehead atoms. The highest BCUT2D eigenvalue weighted by atomic mass is 16.5. The number of carbonyl (C=O) groups is 1. The molecule has 132 valence electrons. The third-order valence-corrected chi connectivity index (χ3v) is 3.11. The molecule has 0 aliphatic heterocycles. The molecule has 2 N–H and O–H groups in total. The fourth-order valence-corrected chi connectivity index (χ4v) is 1.84. The second-order valence-corrected chi connectivity index (χ2v) is 5.34. The zero-order chi connectivity index (χ0) is 18.0. The van der Waals surface area contributed by atoms with Crippen LogP contribution in [0.4, 0.5) is 0 Å². The fraction of sp³-hybridized carbons (Fsp3) is 0.550. The van der Waals surface area contributed by atoms with Gasteiger partial charge in [-0.1, -0.05) is 56.3 Å². The first kappa shape index (κ1) is 22.0. The van der Waals surface area contributed by atoms with Crippen molar-refractivity contribution in [2.24, 2.45) is 0 Å². The summed E-state index contributed by atoms with van der Waals surface area (Å²) in [5, 5.41) is 18.7. The fourth-order valence-electron chi connectivity index (χ4n) is 1.84. The van der Waals surface area contributed by atoms with Crippen LogP contribution in [0.2, 0.25) is 0 Å². The van der Waals surface area contributed by atoms with E-state index in [1.807, 2.05) is 6.08 Å². The molecular weight excluding hydrogens is 304 g/mol. The minimum atomic E-state index is -0.881. The number of aliphatic hydroxyl groups is 2. The van der Waals surface area contributed by atoms with E-state index in [1.54, 1.807) is 6.08 Å². The summed E-state index contributed by atoms with van der Waals surface area (Å²) in [6.07, 6.45) is 10.6. The molecule has 0 saturated heterocycles. The SMILES string of the molecule is C=CC(O)C#CC#CC(O)/C=C/CCCCCCCCOC(C)=O. The number of rotatable bonds is 11. The second-order valence-electron chi connectivity index (χ2n) is 5.34. The van der Waals surface area contributed by atoms with Gasteiger partial charge < -0.3 is 14.9 Å². The number of hydrogen-bond donors (Lipinski definition) is 2. The Bertz CT molecular complexity index is 499. The van der Waals surface area contributed by atoms with Crippen molar-refractivity contribution in [3.05, 3.63) is 24.8 Å². The molecule has 0 spiro atoms. The highest BCUT2D eigenvalue weighted by Crippen LogP contribution is 2.08. The van der Waals surface area contributed by atoms with Gasteiger partial charge in [-0.15, -0.1) is 0 Å². The monoisotopic (exact) mass is 332 g/mol. The third-order valence-electron chi connectivity index (χ3n) is 3.11. The van der Waals surface area contributed by atoms with Gasteiger partial charge in [0.2, 0.25) is 0 Å². The lowest BCUT2D eigenvalue weighted by molar-refractivity contribution is -0.141. The van der Waals surface area contributed by atoms with Gasteiger partial charge in [-0.2, -0.15) is 0 Å². The molecule has 0 aromatic carbocycles. The van der Waals surface area contributed by atoms with Crippen molar-refractivity contribution in [3.63, 3.8) is 0 Å². The van der Waals surface area contributed by atoms with Gasteiger partial charge in [-0.25, -0.2) is 0 Å². The van der Waals surface area contributed by atoms with Crippen LogP contribution in [0.25, 0.3) is 0 Å². The van der Waals surface area contributed by atoms with Gasteiger partial charge in [0.15, 0.2) is 0 Å². The van der Waals surface area contributed by atoms with Crippen molar-refractivity contribution in [2.75, 3.05) is 6.61 Å². The average Bonchev–Trinajstić information content (AvgIpc) is 2.56. The standard InChI is InChI=1S/C20H28O4/c1-3-19(22)14-11-12-16-20(23)15-10-8-6-4-5-7-9-13-17-24-18(2)21/h3,10,15,19-20,22-23H,1,4-9,13,17H2,2H3/b15-10+. The zero-order valence-corrected chi connectivity index (χ0v) is 14.5. The van der Waals surface area contributed by atoms with Gasteiger partial charge in [0.05, 0.1) is 6.61 Å². The lowest BCUT2D eigenvalue weighted by Crippen LogP contribution is -2.00. The van der Waals surface area contributed by atoms with Gasteiger partial charge in [0.1, 0.15) is 12.2 Å². The van der Waals surface area contributed by atoms with Gasteiger partial charge in [0.25, 0.3) is 0 Å². The summed E-state index contributed by atoms with van der Waals surface area (Å²) in [6, 6.07) is 0. The molecule has 0 rings (SSSR count). The summed E-state index contributed by atoms with van der Waals surface area (Å²) in [6.45, 7) is 5.34.